The van der Waals surface area contributed by atoms with E-state index < -0.39 is 6.10 Å². The summed E-state index contributed by atoms with van der Waals surface area (Å²) in [5.74, 6) is 0.784. The summed E-state index contributed by atoms with van der Waals surface area (Å²) in [4.78, 5) is 3.51. The molecule has 1 heterocycles. The van der Waals surface area contributed by atoms with Crippen molar-refractivity contribution in [3.05, 3.63) is 52.7 Å². The van der Waals surface area contributed by atoms with Crippen molar-refractivity contribution in [1.82, 2.24) is 10.2 Å². The molecule has 0 aliphatic carbocycles. The van der Waals surface area contributed by atoms with E-state index in [1.165, 1.54) is 4.88 Å². The second kappa shape index (κ2) is 8.90. The molecular weight excluding hydrogens is 296 g/mol. The van der Waals surface area contributed by atoms with Gasteiger partial charge in [-0.15, -0.1) is 11.3 Å². The topological polar surface area (TPSA) is 44.7 Å². The predicted octanol–water partition coefficient (Wildman–Crippen LogP) is 2.38. The number of thiophene rings is 1. The van der Waals surface area contributed by atoms with Gasteiger partial charge < -0.3 is 20.1 Å². The van der Waals surface area contributed by atoms with E-state index in [9.17, 15) is 5.11 Å². The van der Waals surface area contributed by atoms with Gasteiger partial charge in [0.1, 0.15) is 18.5 Å². The Morgan fingerprint density at radius 2 is 1.91 bits per heavy atom. The fourth-order valence-corrected chi connectivity index (χ4v) is 3.10. The third kappa shape index (κ3) is 5.42. The molecule has 0 saturated heterocycles. The van der Waals surface area contributed by atoms with Gasteiger partial charge in [0.05, 0.1) is 6.04 Å². The molecule has 1 aromatic carbocycles. The monoisotopic (exact) mass is 320 g/mol. The van der Waals surface area contributed by atoms with Crippen molar-refractivity contribution in [3.63, 3.8) is 0 Å². The summed E-state index contributed by atoms with van der Waals surface area (Å²) in [6.45, 7) is 1.61. The number of benzene rings is 1. The zero-order chi connectivity index (χ0) is 15.8. The van der Waals surface area contributed by atoms with Crippen molar-refractivity contribution >= 4 is 11.3 Å². The van der Waals surface area contributed by atoms with E-state index in [2.05, 4.69) is 41.8 Å². The van der Waals surface area contributed by atoms with E-state index in [1.807, 2.05) is 30.3 Å². The van der Waals surface area contributed by atoms with Gasteiger partial charge in [0.2, 0.25) is 0 Å². The Hall–Kier alpha value is -1.40. The van der Waals surface area contributed by atoms with Gasteiger partial charge in [-0.25, -0.2) is 0 Å². The zero-order valence-corrected chi connectivity index (χ0v) is 13.9. The second-order valence-corrected chi connectivity index (χ2v) is 6.41. The number of likely N-dealkylation sites (N-methyl/N-ethyl adjacent to an activating group) is 1. The Kier molecular flexibility index (Phi) is 6.86. The van der Waals surface area contributed by atoms with Gasteiger partial charge in [-0.2, -0.15) is 0 Å². The van der Waals surface area contributed by atoms with E-state index >= 15 is 0 Å². The minimum atomic E-state index is -0.522. The minimum absolute atomic E-state index is 0.294. The standard InChI is InChI=1S/C17H24N2O2S/c1-19(2)16(17-9-6-10-22-17)12-18-11-14(20)13-21-15-7-4-3-5-8-15/h3-10,14,16,18,20H,11-13H2,1-2H3/t14-,16-/m1/s1. The maximum absolute atomic E-state index is 9.99. The Morgan fingerprint density at radius 1 is 1.14 bits per heavy atom. The molecule has 0 bridgehead atoms. The Labute approximate surface area is 136 Å². The lowest BCUT2D eigenvalue weighted by atomic mass is 10.2. The summed E-state index contributed by atoms with van der Waals surface area (Å²) >= 11 is 1.76. The number of nitrogens with one attached hydrogen (secondary N) is 1. The highest BCUT2D eigenvalue weighted by atomic mass is 32.1. The molecule has 0 aliphatic rings. The summed E-state index contributed by atoms with van der Waals surface area (Å²) in [7, 11) is 4.14. The Bertz CT molecular complexity index is 517. The highest BCUT2D eigenvalue weighted by Crippen LogP contribution is 2.22. The van der Waals surface area contributed by atoms with E-state index in [-0.39, 0.29) is 0 Å². The molecule has 2 N–H and O–H groups in total. The zero-order valence-electron chi connectivity index (χ0n) is 13.1. The van der Waals surface area contributed by atoms with Gasteiger partial charge in [0.15, 0.2) is 0 Å². The normalized spacial score (nSPS) is 14.0. The van der Waals surface area contributed by atoms with Crippen molar-refractivity contribution in [2.24, 2.45) is 0 Å². The molecule has 2 rings (SSSR count). The number of hydrogen-bond donors (Lipinski definition) is 2. The second-order valence-electron chi connectivity index (χ2n) is 5.43. The SMILES string of the molecule is CN(C)[C@H](CNC[C@@H](O)COc1ccccc1)c1cccs1. The average Bonchev–Trinajstić information content (AvgIpc) is 3.04. The molecule has 2 aromatic rings. The van der Waals surface area contributed by atoms with Crippen molar-refractivity contribution < 1.29 is 9.84 Å². The van der Waals surface area contributed by atoms with Crippen molar-refractivity contribution in [3.8, 4) is 5.75 Å². The summed E-state index contributed by atoms with van der Waals surface area (Å²) < 4.78 is 5.55. The van der Waals surface area contributed by atoms with Gasteiger partial charge >= 0.3 is 0 Å². The number of para-hydroxylation sites is 1. The Morgan fingerprint density at radius 3 is 2.55 bits per heavy atom. The molecule has 22 heavy (non-hydrogen) atoms. The van der Waals surface area contributed by atoms with Crippen LogP contribution in [0.25, 0.3) is 0 Å². The number of hydrogen-bond acceptors (Lipinski definition) is 5. The van der Waals surface area contributed by atoms with E-state index in [4.69, 9.17) is 4.74 Å². The predicted molar refractivity (Wildman–Crippen MR) is 91.6 cm³/mol. The van der Waals surface area contributed by atoms with Crippen LogP contribution in [-0.2, 0) is 0 Å². The summed E-state index contributed by atoms with van der Waals surface area (Å²) in [5, 5.41) is 15.4. The third-order valence-corrected chi connectivity index (χ3v) is 4.37. The Balaban J connectivity index is 1.70. The molecule has 0 radical (unpaired) electrons. The van der Waals surface area contributed by atoms with Crippen LogP contribution in [-0.4, -0.2) is 49.9 Å². The fraction of sp³-hybridized carbons (Fsp3) is 0.412. The molecule has 2 atom stereocenters. The maximum atomic E-state index is 9.99. The lowest BCUT2D eigenvalue weighted by Crippen LogP contribution is -2.36. The van der Waals surface area contributed by atoms with E-state index in [1.54, 1.807) is 11.3 Å². The fourth-order valence-electron chi connectivity index (χ4n) is 2.17. The average molecular weight is 320 g/mol. The van der Waals surface area contributed by atoms with Crippen molar-refractivity contribution in [2.45, 2.75) is 12.1 Å². The van der Waals surface area contributed by atoms with Crippen LogP contribution in [0.15, 0.2) is 47.8 Å². The van der Waals surface area contributed by atoms with Gasteiger partial charge in [-0.05, 0) is 37.7 Å². The molecule has 4 nitrogen and oxygen atoms in total. The van der Waals surface area contributed by atoms with Gasteiger partial charge in [-0.1, -0.05) is 24.3 Å². The van der Waals surface area contributed by atoms with Crippen LogP contribution in [0, 0.1) is 0 Å². The van der Waals surface area contributed by atoms with Gasteiger partial charge in [-0.3, -0.25) is 0 Å². The highest BCUT2D eigenvalue weighted by Gasteiger charge is 2.15. The minimum Gasteiger partial charge on any atom is -0.491 e. The van der Waals surface area contributed by atoms with Crippen LogP contribution >= 0.6 is 11.3 Å². The van der Waals surface area contributed by atoms with Crippen LogP contribution in [0.5, 0.6) is 5.75 Å². The van der Waals surface area contributed by atoms with E-state index in [0.29, 0.717) is 19.2 Å². The molecule has 120 valence electrons. The first-order chi connectivity index (χ1) is 10.7. The van der Waals surface area contributed by atoms with Crippen LogP contribution in [0.3, 0.4) is 0 Å². The lowest BCUT2D eigenvalue weighted by molar-refractivity contribution is 0.104. The molecule has 0 amide bonds. The largest absolute Gasteiger partial charge is 0.491 e. The first kappa shape index (κ1) is 17.0. The van der Waals surface area contributed by atoms with Crippen LogP contribution in [0.2, 0.25) is 0 Å². The van der Waals surface area contributed by atoms with Gasteiger partial charge in [0, 0.05) is 18.0 Å². The summed E-state index contributed by atoms with van der Waals surface area (Å²) in [6.07, 6.45) is -0.522. The van der Waals surface area contributed by atoms with Gasteiger partial charge in [0.25, 0.3) is 0 Å². The number of aliphatic hydroxyl groups is 1. The van der Waals surface area contributed by atoms with Crippen molar-refractivity contribution in [2.75, 3.05) is 33.8 Å². The summed E-state index contributed by atoms with van der Waals surface area (Å²) in [5.41, 5.74) is 0. The number of nitrogens with zero attached hydrogens (tertiary/aromatic N) is 1. The van der Waals surface area contributed by atoms with E-state index in [0.717, 1.165) is 12.3 Å². The number of ether oxygens (including phenoxy) is 1. The smallest absolute Gasteiger partial charge is 0.119 e. The lowest BCUT2D eigenvalue weighted by Gasteiger charge is -2.24. The number of rotatable bonds is 9. The molecule has 0 fully saturated rings. The molecule has 0 spiro atoms. The molecule has 5 heteroatoms. The molecular formula is C17H24N2O2S. The molecule has 0 saturated carbocycles. The summed E-state index contributed by atoms with van der Waals surface area (Å²) in [6, 6.07) is 14.1. The van der Waals surface area contributed by atoms with Crippen molar-refractivity contribution in [1.29, 1.82) is 0 Å². The maximum Gasteiger partial charge on any atom is 0.119 e. The molecule has 1 aromatic heterocycles. The number of aliphatic hydroxyl groups excluding tert-OH is 1. The van der Waals surface area contributed by atoms with Crippen LogP contribution in [0.4, 0.5) is 0 Å². The molecule has 0 unspecified atom stereocenters. The molecule has 0 aliphatic heterocycles. The quantitative estimate of drug-likeness (QED) is 0.745. The third-order valence-electron chi connectivity index (χ3n) is 3.40. The van der Waals surface area contributed by atoms with Crippen LogP contribution < -0.4 is 10.1 Å². The highest BCUT2D eigenvalue weighted by molar-refractivity contribution is 7.10. The van der Waals surface area contributed by atoms with Crippen LogP contribution in [0.1, 0.15) is 10.9 Å². The first-order valence-corrected chi connectivity index (χ1v) is 8.31. The first-order valence-electron chi connectivity index (χ1n) is 7.43.